The van der Waals surface area contributed by atoms with E-state index in [9.17, 15) is 54.1 Å². The Morgan fingerprint density at radius 3 is 1.44 bits per heavy atom. The van der Waals surface area contributed by atoms with E-state index in [1.54, 1.807) is 30.3 Å². The number of primary amides is 1. The van der Waals surface area contributed by atoms with Crippen LogP contribution in [0.5, 0.6) is 0 Å². The number of aliphatic hydroxyl groups excluding tert-OH is 1. The third-order valence-corrected chi connectivity index (χ3v) is 9.74. The maximum atomic E-state index is 14.3. The number of pyridine rings is 1. The normalized spacial score (nSPS) is 13.0. The molecular formula is C42H50N22O11. The zero-order chi connectivity index (χ0) is 55.5. The van der Waals surface area contributed by atoms with Gasteiger partial charge in [-0.25, -0.2) is 4.98 Å². The number of hydrogen-bond acceptors (Lipinski definition) is 17. The van der Waals surface area contributed by atoms with Crippen molar-refractivity contribution in [2.45, 2.75) is 43.5 Å². The van der Waals surface area contributed by atoms with Crippen molar-refractivity contribution < 1.29 is 43.7 Å². The van der Waals surface area contributed by atoms with Crippen LogP contribution in [0.25, 0.3) is 12.2 Å². The Morgan fingerprint density at radius 1 is 0.573 bits per heavy atom. The van der Waals surface area contributed by atoms with Gasteiger partial charge in [-0.05, 0) is 22.3 Å². The Morgan fingerprint density at radius 2 is 1.00 bits per heavy atom. The number of carbonyl (C=O) groups is 6. The molecule has 24 N–H and O–H groups in total. The monoisotopic (exact) mass is 1040 g/mol. The molecule has 0 fully saturated rings. The first-order valence-corrected chi connectivity index (χ1v) is 21.3. The molecule has 1 heterocycles. The number of rotatable bonds is 24. The van der Waals surface area contributed by atoms with E-state index in [-0.39, 0.29) is 5.56 Å². The minimum absolute atomic E-state index is 0.0162. The first-order valence-electron chi connectivity index (χ1n) is 21.3. The maximum Gasteiger partial charge on any atom is 0.318 e. The molecular weight excluding hydrogens is 989 g/mol. The molecule has 0 spiro atoms. The molecule has 33 heteroatoms. The van der Waals surface area contributed by atoms with Gasteiger partial charge in [0.15, 0.2) is 48.5 Å². The summed E-state index contributed by atoms with van der Waals surface area (Å²) in [5.41, 5.74) is 26.9. The lowest BCUT2D eigenvalue weighted by Gasteiger charge is -2.30. The number of carbonyl (C=O) groups excluding carboxylic acids is 6. The number of guanidine groups is 4. The van der Waals surface area contributed by atoms with Crippen molar-refractivity contribution >= 4 is 88.6 Å². The molecule has 1 aromatic heterocycles. The number of hydrogen-bond donors (Lipinski definition) is 19. The van der Waals surface area contributed by atoms with E-state index in [4.69, 9.17) is 50.3 Å². The molecule has 4 aromatic rings. The minimum Gasteiger partial charge on any atom is -0.370 e. The Labute approximate surface area is 422 Å². The maximum absolute atomic E-state index is 14.3. The van der Waals surface area contributed by atoms with Crippen LogP contribution in [0.3, 0.4) is 0 Å². The second kappa shape index (κ2) is 26.3. The Kier molecular flexibility index (Phi) is 19.8. The molecule has 3 aromatic carbocycles. The lowest BCUT2D eigenvalue weighted by Crippen LogP contribution is -2.68. The lowest BCUT2D eigenvalue weighted by molar-refractivity contribution is -0.394. The van der Waals surface area contributed by atoms with Crippen LogP contribution in [-0.4, -0.2) is 110 Å². The van der Waals surface area contributed by atoms with Crippen LogP contribution in [-0.2, 0) is 35.3 Å². The van der Waals surface area contributed by atoms with Gasteiger partial charge in [0.1, 0.15) is 12.2 Å². The van der Waals surface area contributed by atoms with Gasteiger partial charge < -0.3 is 86.5 Å². The predicted molar refractivity (Wildman–Crippen MR) is 266 cm³/mol. The van der Waals surface area contributed by atoms with Crippen molar-refractivity contribution in [3.05, 3.63) is 140 Å². The molecule has 0 aliphatic rings. The highest BCUT2D eigenvalue weighted by Gasteiger charge is 2.37. The number of nitrogens with zero attached hydrogens (tertiary/aromatic N) is 4. The number of benzene rings is 3. The van der Waals surface area contributed by atoms with E-state index in [1.165, 1.54) is 30.3 Å². The average molecular weight is 1040 g/mol. The van der Waals surface area contributed by atoms with Crippen LogP contribution in [0, 0.1) is 41.9 Å². The van der Waals surface area contributed by atoms with Gasteiger partial charge in [0, 0.05) is 6.54 Å². The summed E-state index contributed by atoms with van der Waals surface area (Å²) in [5, 5.41) is 84.9. The Bertz CT molecular complexity index is 2860. The highest BCUT2D eigenvalue weighted by Crippen LogP contribution is 2.32. The van der Waals surface area contributed by atoms with Crippen LogP contribution in [0.4, 0.5) is 17.2 Å². The number of nitrogens with two attached hydrogens (primary N) is 5. The van der Waals surface area contributed by atoms with Crippen molar-refractivity contribution in [1.29, 1.82) is 21.6 Å². The van der Waals surface area contributed by atoms with Crippen molar-refractivity contribution in [2.24, 2.45) is 28.7 Å². The Balaban J connectivity index is 1.66. The fourth-order valence-electron chi connectivity index (χ4n) is 6.36. The fraction of sp³-hybridized carbons (Fsp3) is 0.167. The van der Waals surface area contributed by atoms with Gasteiger partial charge in [0.05, 0.1) is 15.9 Å². The van der Waals surface area contributed by atoms with Gasteiger partial charge in [-0.3, -0.25) is 70.6 Å². The predicted octanol–water partition coefficient (Wildman–Crippen LogP) is -4.56. The molecule has 33 nitrogen and oxygen atoms in total. The molecule has 0 radical (unpaired) electrons. The van der Waals surface area contributed by atoms with Crippen LogP contribution >= 0.6 is 0 Å². The molecule has 6 unspecified atom stereocenters. The summed E-state index contributed by atoms with van der Waals surface area (Å²) in [6.45, 7) is -0.500. The van der Waals surface area contributed by atoms with Gasteiger partial charge in [-0.2, -0.15) is 0 Å². The van der Waals surface area contributed by atoms with Crippen molar-refractivity contribution in [3.8, 4) is 0 Å². The van der Waals surface area contributed by atoms with Gasteiger partial charge in [0.2, 0.25) is 18.0 Å². The number of nitro groups is 2. The third kappa shape index (κ3) is 17.1. The van der Waals surface area contributed by atoms with Crippen LogP contribution < -0.4 is 81.4 Å². The van der Waals surface area contributed by atoms with Gasteiger partial charge in [0.25, 0.3) is 35.2 Å². The summed E-state index contributed by atoms with van der Waals surface area (Å²) in [7, 11) is 0. The second-order valence-corrected chi connectivity index (χ2v) is 15.3. The number of aromatic nitrogens is 1. The first-order chi connectivity index (χ1) is 35.4. The summed E-state index contributed by atoms with van der Waals surface area (Å²) < 4.78 is 0. The van der Waals surface area contributed by atoms with Crippen molar-refractivity contribution in [2.75, 3.05) is 4.90 Å². The third-order valence-electron chi connectivity index (χ3n) is 9.74. The van der Waals surface area contributed by atoms with Crippen molar-refractivity contribution in [1.82, 2.24) is 52.8 Å². The van der Waals surface area contributed by atoms with Crippen LogP contribution in [0.1, 0.15) is 28.3 Å². The number of anilines is 1. The number of nitrogens with one attached hydrogen (secondary N) is 13. The molecule has 394 valence electrons. The average Bonchev–Trinajstić information content (AvgIpc) is 3.35. The minimum atomic E-state index is -2.46. The largest absolute Gasteiger partial charge is 0.370 e. The summed E-state index contributed by atoms with van der Waals surface area (Å²) >= 11 is 0. The molecule has 6 amide bonds. The fourth-order valence-corrected chi connectivity index (χ4v) is 6.36. The quantitative estimate of drug-likeness (QED) is 0.00784. The topological polar surface area (TPSA) is 559 Å². The standard InChI is InChI=1S/C42H50N22O11/c43-27(65)28(58-39(44)45)54-34(67)30(60-41(48)49)56-36(69)31(61-42(50)51)57-35(68)29(59-40(46)47)55-33(66)26(23-9-5-2-6-10-23)53-37(70)38(71)62(32-25(64(74)75)17-24(18-52-32)63(72)73)19-22-15-13-21(14-16-22)12-11-20-7-3-1-4-8-20/h1-18,26,28-31,38,71H,19H2,(H2,43,65)(H,53,70)(H,54,67)(H,55,66)(H,56,69)(H,57,68)(H4,44,45,58)(H4,46,47,59)(H4,48,49,60)(H4,50,51,61)/b12-11+. The molecule has 4 rings (SSSR count). The summed E-state index contributed by atoms with van der Waals surface area (Å²) in [4.78, 5) is 107. The SMILES string of the molecule is N=C(N)NC(NC(=O)C(NC(=N)N)NC(=O)C(NC(=N)N)NC(=O)C(NC(=N)N)NC(=O)C(NC(=O)C(O)N(Cc1ccc(/C=C/c2ccccc2)cc1)c1ncc([N+](=O)[O-])cc1[N+](=O)[O-])c1ccccc1)C(N)=O. The summed E-state index contributed by atoms with van der Waals surface area (Å²) in [5.74, 6) is -12.6. The molecule has 0 aliphatic heterocycles. The number of amides is 6. The van der Waals surface area contributed by atoms with Crippen LogP contribution in [0.2, 0.25) is 0 Å². The number of aliphatic hydroxyl groups is 1. The highest BCUT2D eigenvalue weighted by molar-refractivity contribution is 6.00. The molecule has 0 bridgehead atoms. The first kappa shape index (κ1) is 56.6. The second-order valence-electron chi connectivity index (χ2n) is 15.3. The molecule has 0 aliphatic carbocycles. The molecule has 6 atom stereocenters. The zero-order valence-corrected chi connectivity index (χ0v) is 38.8. The smallest absolute Gasteiger partial charge is 0.318 e. The van der Waals surface area contributed by atoms with E-state index in [0.29, 0.717) is 23.4 Å². The summed E-state index contributed by atoms with van der Waals surface area (Å²) in [6, 6.07) is 21.5. The highest BCUT2D eigenvalue weighted by atomic mass is 16.6. The van der Waals surface area contributed by atoms with Crippen LogP contribution in [0.15, 0.2) is 97.2 Å². The Hall–Kier alpha value is -11.0. The van der Waals surface area contributed by atoms with Crippen molar-refractivity contribution in [3.63, 3.8) is 0 Å². The summed E-state index contributed by atoms with van der Waals surface area (Å²) in [6.07, 6.45) is -6.40. The zero-order valence-electron chi connectivity index (χ0n) is 38.8. The van der Waals surface area contributed by atoms with Gasteiger partial charge in [-0.15, -0.1) is 0 Å². The lowest BCUT2D eigenvalue weighted by atomic mass is 10.1. The van der Waals surface area contributed by atoms with E-state index in [1.807, 2.05) is 63.0 Å². The van der Waals surface area contributed by atoms with E-state index < -0.39 is 130 Å². The van der Waals surface area contributed by atoms with E-state index in [2.05, 4.69) is 26.3 Å². The molecule has 0 saturated carbocycles. The van der Waals surface area contributed by atoms with E-state index in [0.717, 1.165) is 10.5 Å². The van der Waals surface area contributed by atoms with Gasteiger partial charge in [-0.1, -0.05) is 97.1 Å². The molecule has 0 saturated heterocycles. The van der Waals surface area contributed by atoms with E-state index >= 15 is 0 Å². The molecule has 75 heavy (non-hydrogen) atoms. The van der Waals surface area contributed by atoms with Gasteiger partial charge >= 0.3 is 5.69 Å².